The molecule has 1 rings (SSSR count). The van der Waals surface area contributed by atoms with Crippen molar-refractivity contribution < 1.29 is 0 Å². The first-order valence-electron chi connectivity index (χ1n) is 6.02. The molecule has 1 nitrogen and oxygen atoms in total. The molecule has 0 aliphatic heterocycles. The average molecular weight is 193 g/mol. The van der Waals surface area contributed by atoms with Crippen LogP contribution >= 0.6 is 0 Å². The first-order chi connectivity index (χ1) is 6.88. The van der Waals surface area contributed by atoms with Gasteiger partial charge in [-0.25, -0.2) is 0 Å². The second-order valence-corrected chi connectivity index (χ2v) is 4.42. The Labute approximate surface area is 88.7 Å². The second kappa shape index (κ2) is 6.90. The van der Waals surface area contributed by atoms with E-state index in [2.05, 4.69) is 18.2 Å². The lowest BCUT2D eigenvalue weighted by Crippen LogP contribution is -2.30. The lowest BCUT2D eigenvalue weighted by molar-refractivity contribution is 0.234. The van der Waals surface area contributed by atoms with Gasteiger partial charge in [-0.15, -0.1) is 12.3 Å². The molecule has 1 aliphatic rings. The third-order valence-electron chi connectivity index (χ3n) is 3.28. The van der Waals surface area contributed by atoms with Gasteiger partial charge in [-0.05, 0) is 44.2 Å². The van der Waals surface area contributed by atoms with Gasteiger partial charge in [0.05, 0.1) is 0 Å². The van der Waals surface area contributed by atoms with Crippen molar-refractivity contribution in [1.82, 2.24) is 5.32 Å². The Kier molecular flexibility index (Phi) is 5.71. The Morgan fingerprint density at radius 1 is 1.29 bits per heavy atom. The van der Waals surface area contributed by atoms with E-state index in [1.54, 1.807) is 0 Å². The summed E-state index contributed by atoms with van der Waals surface area (Å²) in [7, 11) is 0. The van der Waals surface area contributed by atoms with Crippen molar-refractivity contribution in [2.45, 2.75) is 45.4 Å². The van der Waals surface area contributed by atoms with Gasteiger partial charge in [-0.3, -0.25) is 0 Å². The highest BCUT2D eigenvalue weighted by atomic mass is 14.9. The lowest BCUT2D eigenvalue weighted by Gasteiger charge is -2.30. The zero-order valence-electron chi connectivity index (χ0n) is 9.39. The zero-order chi connectivity index (χ0) is 10.2. The number of nitrogens with one attached hydrogen (secondary N) is 1. The SMILES string of the molecule is C#CCC1CCCCC1CNCCC. The van der Waals surface area contributed by atoms with E-state index in [1.165, 1.54) is 38.6 Å². The summed E-state index contributed by atoms with van der Waals surface area (Å²) in [5.74, 6) is 4.46. The molecule has 0 bridgehead atoms. The molecule has 0 radical (unpaired) electrons. The normalized spacial score (nSPS) is 27.1. The highest BCUT2D eigenvalue weighted by Gasteiger charge is 2.23. The largest absolute Gasteiger partial charge is 0.316 e. The minimum absolute atomic E-state index is 0.790. The summed E-state index contributed by atoms with van der Waals surface area (Å²) in [6.45, 7) is 4.55. The van der Waals surface area contributed by atoms with Crippen molar-refractivity contribution >= 4 is 0 Å². The monoisotopic (exact) mass is 193 g/mol. The van der Waals surface area contributed by atoms with Gasteiger partial charge in [0.2, 0.25) is 0 Å². The lowest BCUT2D eigenvalue weighted by atomic mass is 9.77. The molecule has 14 heavy (non-hydrogen) atoms. The molecule has 0 spiro atoms. The third-order valence-corrected chi connectivity index (χ3v) is 3.28. The molecule has 1 saturated carbocycles. The van der Waals surface area contributed by atoms with Crippen LogP contribution in [0, 0.1) is 24.2 Å². The van der Waals surface area contributed by atoms with Crippen LogP contribution in [0.25, 0.3) is 0 Å². The number of rotatable bonds is 5. The molecule has 1 N–H and O–H groups in total. The predicted molar refractivity (Wildman–Crippen MR) is 62.1 cm³/mol. The van der Waals surface area contributed by atoms with Crippen LogP contribution in [-0.2, 0) is 0 Å². The summed E-state index contributed by atoms with van der Waals surface area (Å²) in [5, 5.41) is 3.52. The van der Waals surface area contributed by atoms with E-state index in [0.717, 1.165) is 24.8 Å². The Bertz CT molecular complexity index is 180. The molecule has 0 saturated heterocycles. The third kappa shape index (κ3) is 3.72. The smallest absolute Gasteiger partial charge is 0.0117 e. The minimum atomic E-state index is 0.790. The van der Waals surface area contributed by atoms with Crippen LogP contribution in [-0.4, -0.2) is 13.1 Å². The highest BCUT2D eigenvalue weighted by Crippen LogP contribution is 2.31. The molecular formula is C13H23N. The quantitative estimate of drug-likeness (QED) is 0.523. The molecule has 0 aromatic carbocycles. The first kappa shape index (κ1) is 11.6. The maximum atomic E-state index is 5.41. The van der Waals surface area contributed by atoms with Crippen LogP contribution in [0.3, 0.4) is 0 Å². The summed E-state index contributed by atoms with van der Waals surface area (Å²) in [6.07, 6.45) is 13.1. The fourth-order valence-corrected chi connectivity index (χ4v) is 2.44. The summed E-state index contributed by atoms with van der Waals surface area (Å²) >= 11 is 0. The number of hydrogen-bond acceptors (Lipinski definition) is 1. The zero-order valence-corrected chi connectivity index (χ0v) is 9.39. The second-order valence-electron chi connectivity index (χ2n) is 4.42. The molecule has 2 unspecified atom stereocenters. The summed E-state index contributed by atoms with van der Waals surface area (Å²) in [5.41, 5.74) is 0. The summed E-state index contributed by atoms with van der Waals surface area (Å²) in [4.78, 5) is 0. The predicted octanol–water partition coefficient (Wildman–Crippen LogP) is 2.82. The molecule has 1 aliphatic carbocycles. The summed E-state index contributed by atoms with van der Waals surface area (Å²) in [6, 6.07) is 0. The average Bonchev–Trinajstić information content (AvgIpc) is 2.21. The van der Waals surface area contributed by atoms with Crippen molar-refractivity contribution in [2.24, 2.45) is 11.8 Å². The van der Waals surface area contributed by atoms with Crippen molar-refractivity contribution in [3.63, 3.8) is 0 Å². The standard InChI is InChI=1S/C13H23N/c1-3-7-12-8-5-6-9-13(12)11-14-10-4-2/h1,12-14H,4-11H2,2H3. The minimum Gasteiger partial charge on any atom is -0.316 e. The van der Waals surface area contributed by atoms with Crippen LogP contribution in [0.1, 0.15) is 45.4 Å². The van der Waals surface area contributed by atoms with E-state index in [1.807, 2.05) is 0 Å². The van der Waals surface area contributed by atoms with Crippen LogP contribution in [0.4, 0.5) is 0 Å². The molecule has 1 fully saturated rings. The van der Waals surface area contributed by atoms with E-state index in [4.69, 9.17) is 6.42 Å². The van der Waals surface area contributed by atoms with Crippen molar-refractivity contribution in [3.8, 4) is 12.3 Å². The fraction of sp³-hybridized carbons (Fsp3) is 0.846. The number of hydrogen-bond donors (Lipinski definition) is 1. The van der Waals surface area contributed by atoms with E-state index < -0.39 is 0 Å². The van der Waals surface area contributed by atoms with Crippen LogP contribution < -0.4 is 5.32 Å². The molecular weight excluding hydrogens is 170 g/mol. The van der Waals surface area contributed by atoms with Crippen LogP contribution in [0.2, 0.25) is 0 Å². The van der Waals surface area contributed by atoms with Gasteiger partial charge in [-0.1, -0.05) is 19.8 Å². The Morgan fingerprint density at radius 3 is 2.64 bits per heavy atom. The molecule has 0 amide bonds. The Balaban J connectivity index is 2.27. The maximum absolute atomic E-state index is 5.41. The molecule has 2 atom stereocenters. The maximum Gasteiger partial charge on any atom is 0.0117 e. The molecule has 0 heterocycles. The molecule has 0 aromatic heterocycles. The molecule has 1 heteroatoms. The fourth-order valence-electron chi connectivity index (χ4n) is 2.44. The summed E-state index contributed by atoms with van der Waals surface area (Å²) < 4.78 is 0. The van der Waals surface area contributed by atoms with Crippen molar-refractivity contribution in [1.29, 1.82) is 0 Å². The first-order valence-corrected chi connectivity index (χ1v) is 6.02. The molecule has 80 valence electrons. The van der Waals surface area contributed by atoms with Gasteiger partial charge >= 0.3 is 0 Å². The van der Waals surface area contributed by atoms with E-state index in [0.29, 0.717) is 0 Å². The Hall–Kier alpha value is -0.480. The van der Waals surface area contributed by atoms with E-state index in [9.17, 15) is 0 Å². The van der Waals surface area contributed by atoms with Gasteiger partial charge in [0.1, 0.15) is 0 Å². The number of terminal acetylenes is 1. The highest BCUT2D eigenvalue weighted by molar-refractivity contribution is 4.90. The van der Waals surface area contributed by atoms with Gasteiger partial charge in [0, 0.05) is 6.42 Å². The molecule has 0 aromatic rings. The van der Waals surface area contributed by atoms with Gasteiger partial charge in [0.15, 0.2) is 0 Å². The topological polar surface area (TPSA) is 12.0 Å². The van der Waals surface area contributed by atoms with E-state index in [-0.39, 0.29) is 0 Å². The van der Waals surface area contributed by atoms with Crippen molar-refractivity contribution in [3.05, 3.63) is 0 Å². The van der Waals surface area contributed by atoms with Gasteiger partial charge < -0.3 is 5.32 Å². The van der Waals surface area contributed by atoms with Crippen LogP contribution in [0.5, 0.6) is 0 Å². The van der Waals surface area contributed by atoms with Gasteiger partial charge in [0.25, 0.3) is 0 Å². The van der Waals surface area contributed by atoms with E-state index >= 15 is 0 Å². The van der Waals surface area contributed by atoms with Gasteiger partial charge in [-0.2, -0.15) is 0 Å². The van der Waals surface area contributed by atoms with Crippen LogP contribution in [0.15, 0.2) is 0 Å². The van der Waals surface area contributed by atoms with Crippen molar-refractivity contribution in [2.75, 3.05) is 13.1 Å². The Morgan fingerprint density at radius 2 is 2.00 bits per heavy atom.